The lowest BCUT2D eigenvalue weighted by Crippen LogP contribution is -2.15. The highest BCUT2D eigenvalue weighted by molar-refractivity contribution is 7.09. The maximum Gasteiger partial charge on any atom is 0.0926 e. The van der Waals surface area contributed by atoms with Crippen LogP contribution in [0.4, 0.5) is 5.69 Å². The van der Waals surface area contributed by atoms with Crippen molar-refractivity contribution in [3.05, 3.63) is 45.4 Å². The summed E-state index contributed by atoms with van der Waals surface area (Å²) in [6.45, 7) is 5.02. The molecular formula is C16H21N3S. The summed E-state index contributed by atoms with van der Waals surface area (Å²) in [5.74, 6) is 0. The molecule has 0 unspecified atom stereocenters. The maximum absolute atomic E-state index is 4.58. The Morgan fingerprint density at radius 2 is 2.30 bits per heavy atom. The van der Waals surface area contributed by atoms with Gasteiger partial charge in [-0.15, -0.1) is 11.3 Å². The Balaban J connectivity index is 1.55. The number of aryl methyl sites for hydroxylation is 2. The number of benzene rings is 1. The SMILES string of the molecule is CCc1nc(CNCc2ccc3c(c2)CCCN3)cs1. The lowest BCUT2D eigenvalue weighted by molar-refractivity contribution is 0.679. The molecule has 2 aromatic rings. The van der Waals surface area contributed by atoms with Crippen molar-refractivity contribution in [2.45, 2.75) is 39.3 Å². The molecule has 0 spiro atoms. The first-order chi connectivity index (χ1) is 9.85. The summed E-state index contributed by atoms with van der Waals surface area (Å²) >= 11 is 1.76. The third kappa shape index (κ3) is 3.19. The number of aromatic nitrogens is 1. The van der Waals surface area contributed by atoms with Crippen molar-refractivity contribution in [3.8, 4) is 0 Å². The molecule has 0 bridgehead atoms. The van der Waals surface area contributed by atoms with Crippen LogP contribution in [0.15, 0.2) is 23.6 Å². The standard InChI is InChI=1S/C16H21N3S/c1-2-16-19-14(11-20-16)10-17-9-12-5-6-15-13(8-12)4-3-7-18-15/h5-6,8,11,17-18H,2-4,7,9-10H2,1H3. The van der Waals surface area contributed by atoms with Crippen molar-refractivity contribution in [2.24, 2.45) is 0 Å². The molecule has 1 aliphatic rings. The van der Waals surface area contributed by atoms with Crippen LogP contribution < -0.4 is 10.6 Å². The fourth-order valence-corrected chi connectivity index (χ4v) is 3.31. The van der Waals surface area contributed by atoms with E-state index < -0.39 is 0 Å². The van der Waals surface area contributed by atoms with Gasteiger partial charge in [-0.25, -0.2) is 4.98 Å². The zero-order valence-corrected chi connectivity index (χ0v) is 12.7. The van der Waals surface area contributed by atoms with Gasteiger partial charge in [-0.3, -0.25) is 0 Å². The van der Waals surface area contributed by atoms with Crippen LogP contribution in [0, 0.1) is 0 Å². The van der Waals surface area contributed by atoms with E-state index in [9.17, 15) is 0 Å². The number of anilines is 1. The number of fused-ring (bicyclic) bond motifs is 1. The van der Waals surface area contributed by atoms with Gasteiger partial charge >= 0.3 is 0 Å². The molecule has 0 atom stereocenters. The highest BCUT2D eigenvalue weighted by Gasteiger charge is 2.08. The highest BCUT2D eigenvalue weighted by atomic mass is 32.1. The minimum atomic E-state index is 0.853. The van der Waals surface area contributed by atoms with Gasteiger partial charge in [0.2, 0.25) is 0 Å². The molecule has 1 aromatic carbocycles. The van der Waals surface area contributed by atoms with E-state index in [1.165, 1.54) is 34.7 Å². The largest absolute Gasteiger partial charge is 0.385 e. The van der Waals surface area contributed by atoms with Crippen LogP contribution in [0.25, 0.3) is 0 Å². The Hall–Kier alpha value is -1.39. The Labute approximate surface area is 124 Å². The molecule has 0 fully saturated rings. The molecule has 4 heteroatoms. The molecule has 3 rings (SSSR count). The Morgan fingerprint density at radius 1 is 1.35 bits per heavy atom. The number of hydrogen-bond acceptors (Lipinski definition) is 4. The number of thiazole rings is 1. The van der Waals surface area contributed by atoms with Crippen molar-refractivity contribution < 1.29 is 0 Å². The summed E-state index contributed by atoms with van der Waals surface area (Å²) < 4.78 is 0. The normalized spacial score (nSPS) is 13.8. The van der Waals surface area contributed by atoms with Gasteiger partial charge in [0.05, 0.1) is 10.7 Å². The van der Waals surface area contributed by atoms with Crippen LogP contribution >= 0.6 is 11.3 Å². The first kappa shape index (κ1) is 13.6. The predicted octanol–water partition coefficient (Wildman–Crippen LogP) is 3.35. The van der Waals surface area contributed by atoms with E-state index in [1.807, 2.05) is 0 Å². The van der Waals surface area contributed by atoms with Crippen molar-refractivity contribution in [1.82, 2.24) is 10.3 Å². The number of nitrogens with zero attached hydrogens (tertiary/aromatic N) is 1. The van der Waals surface area contributed by atoms with Crippen molar-refractivity contribution >= 4 is 17.0 Å². The lowest BCUT2D eigenvalue weighted by Gasteiger charge is -2.18. The summed E-state index contributed by atoms with van der Waals surface area (Å²) in [7, 11) is 0. The number of rotatable bonds is 5. The highest BCUT2D eigenvalue weighted by Crippen LogP contribution is 2.22. The monoisotopic (exact) mass is 287 g/mol. The lowest BCUT2D eigenvalue weighted by atomic mass is 10.0. The van der Waals surface area contributed by atoms with Crippen molar-refractivity contribution in [2.75, 3.05) is 11.9 Å². The Kier molecular flexibility index (Phi) is 4.33. The molecular weight excluding hydrogens is 266 g/mol. The van der Waals surface area contributed by atoms with Crippen molar-refractivity contribution in [1.29, 1.82) is 0 Å². The Bertz CT molecular complexity index is 577. The summed E-state index contributed by atoms with van der Waals surface area (Å²) in [4.78, 5) is 4.58. The van der Waals surface area contributed by atoms with Gasteiger partial charge in [0.25, 0.3) is 0 Å². The second-order valence-electron chi connectivity index (χ2n) is 5.21. The van der Waals surface area contributed by atoms with Gasteiger partial charge in [0.15, 0.2) is 0 Å². The predicted molar refractivity (Wildman–Crippen MR) is 85.3 cm³/mol. The van der Waals surface area contributed by atoms with E-state index in [4.69, 9.17) is 0 Å². The fourth-order valence-electron chi connectivity index (χ4n) is 2.57. The molecule has 1 aliphatic heterocycles. The van der Waals surface area contributed by atoms with Gasteiger partial charge in [-0.2, -0.15) is 0 Å². The average molecular weight is 287 g/mol. The van der Waals surface area contributed by atoms with Gasteiger partial charge < -0.3 is 10.6 Å². The van der Waals surface area contributed by atoms with E-state index in [0.717, 1.165) is 31.7 Å². The molecule has 0 aliphatic carbocycles. The zero-order chi connectivity index (χ0) is 13.8. The zero-order valence-electron chi connectivity index (χ0n) is 11.9. The van der Waals surface area contributed by atoms with Gasteiger partial charge in [0, 0.05) is 30.7 Å². The third-order valence-corrected chi connectivity index (χ3v) is 4.69. The molecule has 20 heavy (non-hydrogen) atoms. The quantitative estimate of drug-likeness (QED) is 0.885. The average Bonchev–Trinajstić information content (AvgIpc) is 2.95. The van der Waals surface area contributed by atoms with E-state index in [0.29, 0.717) is 0 Å². The first-order valence-corrected chi connectivity index (χ1v) is 8.23. The van der Waals surface area contributed by atoms with Crippen LogP contribution in [-0.2, 0) is 25.9 Å². The van der Waals surface area contributed by atoms with Gasteiger partial charge in [-0.05, 0) is 36.5 Å². The molecule has 3 nitrogen and oxygen atoms in total. The maximum atomic E-state index is 4.58. The fraction of sp³-hybridized carbons (Fsp3) is 0.438. The first-order valence-electron chi connectivity index (χ1n) is 7.35. The van der Waals surface area contributed by atoms with E-state index in [2.05, 4.69) is 46.1 Å². The van der Waals surface area contributed by atoms with Crippen molar-refractivity contribution in [3.63, 3.8) is 0 Å². The second kappa shape index (κ2) is 6.37. The van der Waals surface area contributed by atoms with Gasteiger partial charge in [0.1, 0.15) is 0 Å². The second-order valence-corrected chi connectivity index (χ2v) is 6.15. The molecule has 0 saturated carbocycles. The minimum absolute atomic E-state index is 0.853. The summed E-state index contributed by atoms with van der Waals surface area (Å²) in [6, 6.07) is 6.75. The third-order valence-electron chi connectivity index (χ3n) is 3.64. The smallest absolute Gasteiger partial charge is 0.0926 e. The van der Waals surface area contributed by atoms with E-state index in [1.54, 1.807) is 11.3 Å². The van der Waals surface area contributed by atoms with Gasteiger partial charge in [-0.1, -0.05) is 19.1 Å². The van der Waals surface area contributed by atoms with E-state index in [-0.39, 0.29) is 0 Å². The molecule has 0 amide bonds. The topological polar surface area (TPSA) is 37.0 Å². The van der Waals surface area contributed by atoms with Crippen LogP contribution in [0.5, 0.6) is 0 Å². The summed E-state index contributed by atoms with van der Waals surface area (Å²) in [5.41, 5.74) is 5.29. The summed E-state index contributed by atoms with van der Waals surface area (Å²) in [6.07, 6.45) is 3.47. The summed E-state index contributed by atoms with van der Waals surface area (Å²) in [5, 5.41) is 10.3. The molecule has 2 N–H and O–H groups in total. The van der Waals surface area contributed by atoms with Crippen LogP contribution in [0.3, 0.4) is 0 Å². The molecule has 0 saturated heterocycles. The van der Waals surface area contributed by atoms with Crippen LogP contribution in [0.2, 0.25) is 0 Å². The molecule has 2 heterocycles. The Morgan fingerprint density at radius 3 is 3.15 bits per heavy atom. The minimum Gasteiger partial charge on any atom is -0.385 e. The number of hydrogen-bond donors (Lipinski definition) is 2. The van der Waals surface area contributed by atoms with E-state index >= 15 is 0 Å². The van der Waals surface area contributed by atoms with Crippen LogP contribution in [-0.4, -0.2) is 11.5 Å². The molecule has 106 valence electrons. The van der Waals surface area contributed by atoms with Crippen LogP contribution in [0.1, 0.15) is 35.2 Å². The molecule has 0 radical (unpaired) electrons. The molecule has 1 aromatic heterocycles. The number of nitrogens with one attached hydrogen (secondary N) is 2.